The number of aromatic nitrogens is 2. The van der Waals surface area contributed by atoms with Gasteiger partial charge < -0.3 is 5.32 Å². The largest absolute Gasteiger partial charge is 0.314 e. The molecule has 0 aliphatic heterocycles. The Morgan fingerprint density at radius 2 is 1.76 bits per heavy atom. The van der Waals surface area contributed by atoms with E-state index in [1.807, 2.05) is 6.92 Å². The zero-order valence-electron chi connectivity index (χ0n) is 14.4. The summed E-state index contributed by atoms with van der Waals surface area (Å²) in [5, 5.41) is 9.09. The molecule has 21 heavy (non-hydrogen) atoms. The van der Waals surface area contributed by atoms with Gasteiger partial charge in [0.25, 0.3) is 0 Å². The molecule has 1 aromatic rings. The van der Waals surface area contributed by atoms with E-state index in [-0.39, 0.29) is 0 Å². The third-order valence-corrected chi connectivity index (χ3v) is 4.71. The minimum absolute atomic E-state index is 0.494. The fraction of sp³-hybridized carbons (Fsp3) is 0.824. The highest BCUT2D eigenvalue weighted by atomic mass is 35.5. The highest BCUT2D eigenvalue weighted by Gasteiger charge is 2.23. The van der Waals surface area contributed by atoms with Crippen LogP contribution in [0.4, 0.5) is 0 Å². The smallest absolute Gasteiger partial charge is 0.0847 e. The Bertz CT molecular complexity index is 408. The van der Waals surface area contributed by atoms with Crippen LogP contribution >= 0.6 is 11.6 Å². The van der Waals surface area contributed by atoms with Crippen molar-refractivity contribution in [2.24, 2.45) is 5.92 Å². The molecule has 0 fully saturated rings. The van der Waals surface area contributed by atoms with Gasteiger partial charge in [0, 0.05) is 19.0 Å². The molecule has 1 N–H and O–H groups in total. The zero-order valence-corrected chi connectivity index (χ0v) is 15.1. The minimum atomic E-state index is 0.494. The summed E-state index contributed by atoms with van der Waals surface area (Å²) in [6.45, 7) is 12.8. The van der Waals surface area contributed by atoms with Gasteiger partial charge in [0.2, 0.25) is 0 Å². The standard InChI is InChI=1S/C17H32ClN3/c1-6-10-14(11-7-2)15(19-8-3)12-16-17(18)13(5)20-21(16)9-4/h14-15,19H,6-12H2,1-5H3. The lowest BCUT2D eigenvalue weighted by molar-refractivity contribution is 0.308. The molecule has 0 spiro atoms. The van der Waals surface area contributed by atoms with Gasteiger partial charge in [-0.15, -0.1) is 0 Å². The fourth-order valence-electron chi connectivity index (χ4n) is 3.23. The first-order valence-electron chi connectivity index (χ1n) is 8.53. The summed E-state index contributed by atoms with van der Waals surface area (Å²) < 4.78 is 2.07. The number of likely N-dealkylation sites (N-methyl/N-ethyl adjacent to an activating group) is 1. The van der Waals surface area contributed by atoms with Crippen molar-refractivity contribution in [3.63, 3.8) is 0 Å². The molecule has 1 aromatic heterocycles. The highest BCUT2D eigenvalue weighted by Crippen LogP contribution is 2.26. The van der Waals surface area contributed by atoms with Crippen molar-refractivity contribution in [3.8, 4) is 0 Å². The second-order valence-electron chi connectivity index (χ2n) is 5.87. The highest BCUT2D eigenvalue weighted by molar-refractivity contribution is 6.31. The molecule has 0 saturated heterocycles. The van der Waals surface area contributed by atoms with E-state index < -0.39 is 0 Å². The van der Waals surface area contributed by atoms with E-state index in [9.17, 15) is 0 Å². The number of hydrogen-bond donors (Lipinski definition) is 1. The van der Waals surface area contributed by atoms with E-state index in [4.69, 9.17) is 11.6 Å². The summed E-state index contributed by atoms with van der Waals surface area (Å²) in [4.78, 5) is 0. The van der Waals surface area contributed by atoms with Gasteiger partial charge in [0.15, 0.2) is 0 Å². The summed E-state index contributed by atoms with van der Waals surface area (Å²) in [7, 11) is 0. The molecule has 0 bridgehead atoms. The van der Waals surface area contributed by atoms with Gasteiger partial charge in [-0.25, -0.2) is 0 Å². The monoisotopic (exact) mass is 313 g/mol. The summed E-state index contributed by atoms with van der Waals surface area (Å²) in [5.41, 5.74) is 2.14. The summed E-state index contributed by atoms with van der Waals surface area (Å²) in [5.74, 6) is 0.719. The van der Waals surface area contributed by atoms with Crippen LogP contribution < -0.4 is 5.32 Å². The third kappa shape index (κ3) is 5.00. The Hall–Kier alpha value is -0.540. The van der Waals surface area contributed by atoms with E-state index in [0.29, 0.717) is 6.04 Å². The fourth-order valence-corrected chi connectivity index (χ4v) is 3.44. The molecular weight excluding hydrogens is 282 g/mol. The average molecular weight is 314 g/mol. The van der Waals surface area contributed by atoms with Crippen LogP contribution in [0.1, 0.15) is 64.8 Å². The van der Waals surface area contributed by atoms with Crippen LogP contribution in [0.15, 0.2) is 0 Å². The molecular formula is C17H32ClN3. The van der Waals surface area contributed by atoms with Crippen LogP contribution in [0.5, 0.6) is 0 Å². The first-order valence-corrected chi connectivity index (χ1v) is 8.91. The van der Waals surface area contributed by atoms with Crippen LogP contribution in [0.2, 0.25) is 5.02 Å². The summed E-state index contributed by atoms with van der Waals surface area (Å²) in [6, 6.07) is 0.494. The van der Waals surface area contributed by atoms with Crippen molar-refractivity contribution in [2.45, 2.75) is 79.3 Å². The van der Waals surface area contributed by atoms with Crippen molar-refractivity contribution in [1.82, 2.24) is 15.1 Å². The van der Waals surface area contributed by atoms with Gasteiger partial charge in [-0.2, -0.15) is 5.10 Å². The van der Waals surface area contributed by atoms with Crippen LogP contribution in [-0.4, -0.2) is 22.4 Å². The van der Waals surface area contributed by atoms with Crippen molar-refractivity contribution in [3.05, 3.63) is 16.4 Å². The Morgan fingerprint density at radius 3 is 2.24 bits per heavy atom. The Morgan fingerprint density at radius 1 is 1.14 bits per heavy atom. The number of aryl methyl sites for hydroxylation is 2. The van der Waals surface area contributed by atoms with Crippen LogP contribution in [0.25, 0.3) is 0 Å². The average Bonchev–Trinajstić information content (AvgIpc) is 2.74. The molecule has 0 radical (unpaired) electrons. The van der Waals surface area contributed by atoms with E-state index in [0.717, 1.165) is 36.1 Å². The quantitative estimate of drug-likeness (QED) is 0.684. The first-order chi connectivity index (χ1) is 10.1. The predicted octanol–water partition coefficient (Wildman–Crippen LogP) is 4.60. The van der Waals surface area contributed by atoms with Crippen molar-refractivity contribution >= 4 is 11.6 Å². The molecule has 122 valence electrons. The predicted molar refractivity (Wildman–Crippen MR) is 92.1 cm³/mol. The van der Waals surface area contributed by atoms with Crippen molar-refractivity contribution < 1.29 is 0 Å². The van der Waals surface area contributed by atoms with Gasteiger partial charge in [0.05, 0.1) is 16.4 Å². The van der Waals surface area contributed by atoms with E-state index in [1.165, 1.54) is 31.4 Å². The van der Waals surface area contributed by atoms with Crippen LogP contribution in [0, 0.1) is 12.8 Å². The van der Waals surface area contributed by atoms with Crippen molar-refractivity contribution in [2.75, 3.05) is 6.54 Å². The molecule has 1 atom stereocenters. The second kappa shape index (κ2) is 9.47. The molecule has 0 aromatic carbocycles. The SMILES string of the molecule is CCCC(CCC)C(Cc1c(Cl)c(C)nn1CC)NCC. The molecule has 0 saturated carbocycles. The molecule has 0 amide bonds. The summed E-state index contributed by atoms with van der Waals surface area (Å²) >= 11 is 6.48. The zero-order chi connectivity index (χ0) is 15.8. The van der Waals surface area contributed by atoms with Gasteiger partial charge in [-0.05, 0) is 39.2 Å². The molecule has 1 unspecified atom stereocenters. The number of halogens is 1. The third-order valence-electron chi connectivity index (χ3n) is 4.22. The number of nitrogens with one attached hydrogen (secondary N) is 1. The van der Waals surface area contributed by atoms with E-state index in [1.54, 1.807) is 0 Å². The Kier molecular flexibility index (Phi) is 8.35. The maximum atomic E-state index is 6.48. The van der Waals surface area contributed by atoms with Gasteiger partial charge in [-0.3, -0.25) is 4.68 Å². The van der Waals surface area contributed by atoms with Crippen LogP contribution in [0.3, 0.4) is 0 Å². The maximum absolute atomic E-state index is 6.48. The second-order valence-corrected chi connectivity index (χ2v) is 6.25. The molecule has 3 nitrogen and oxygen atoms in total. The normalized spacial score (nSPS) is 13.1. The van der Waals surface area contributed by atoms with Crippen LogP contribution in [-0.2, 0) is 13.0 Å². The summed E-state index contributed by atoms with van der Waals surface area (Å²) in [6.07, 6.45) is 6.02. The van der Waals surface area contributed by atoms with Gasteiger partial charge >= 0.3 is 0 Å². The molecule has 0 aliphatic carbocycles. The lowest BCUT2D eigenvalue weighted by Crippen LogP contribution is -2.38. The Balaban J connectivity index is 2.95. The van der Waals surface area contributed by atoms with Gasteiger partial charge in [0.1, 0.15) is 0 Å². The molecule has 1 heterocycles. The van der Waals surface area contributed by atoms with E-state index in [2.05, 4.69) is 42.8 Å². The van der Waals surface area contributed by atoms with Crippen molar-refractivity contribution in [1.29, 1.82) is 0 Å². The van der Waals surface area contributed by atoms with E-state index >= 15 is 0 Å². The number of nitrogens with zero attached hydrogens (tertiary/aromatic N) is 2. The molecule has 0 aliphatic rings. The molecule has 4 heteroatoms. The maximum Gasteiger partial charge on any atom is 0.0847 e. The topological polar surface area (TPSA) is 29.9 Å². The molecule has 1 rings (SSSR count). The Labute approximate surface area is 135 Å². The minimum Gasteiger partial charge on any atom is -0.314 e. The van der Waals surface area contributed by atoms with Gasteiger partial charge in [-0.1, -0.05) is 45.2 Å². The number of rotatable bonds is 10. The lowest BCUT2D eigenvalue weighted by Gasteiger charge is -2.28. The first kappa shape index (κ1) is 18.5. The lowest BCUT2D eigenvalue weighted by atomic mass is 9.87. The number of hydrogen-bond acceptors (Lipinski definition) is 2.